The van der Waals surface area contributed by atoms with Gasteiger partial charge in [0.25, 0.3) is 11.8 Å². The number of ether oxygens (including phenoxy) is 2. The Morgan fingerprint density at radius 3 is 2.83 bits per heavy atom. The number of nitrogens with zero attached hydrogens (tertiary/aromatic N) is 4. The molecule has 5 rings (SSSR count). The lowest BCUT2D eigenvalue weighted by Crippen LogP contribution is -2.47. The molecule has 1 amide bonds. The molecule has 0 N–H and O–H groups in total. The summed E-state index contributed by atoms with van der Waals surface area (Å²) in [6.45, 7) is 4.47. The van der Waals surface area contributed by atoms with Crippen LogP contribution in [0.3, 0.4) is 0 Å². The molecule has 156 valence electrons. The monoisotopic (exact) mass is 400 g/mol. The summed E-state index contributed by atoms with van der Waals surface area (Å²) < 4.78 is 19.6. The molecule has 4 heterocycles. The van der Waals surface area contributed by atoms with Crippen LogP contribution in [0.1, 0.15) is 79.8 Å². The largest absolute Gasteiger partial charge is 0.370 e. The second kappa shape index (κ2) is 7.57. The maximum absolute atomic E-state index is 13.1. The lowest BCUT2D eigenvalue weighted by molar-refractivity contribution is -0.0991. The number of hydrogen-bond acceptors (Lipinski definition) is 6. The van der Waals surface area contributed by atoms with Crippen LogP contribution in [0.15, 0.2) is 22.9 Å². The molecular formula is C21H28N4O4. The Morgan fingerprint density at radius 1 is 1.31 bits per heavy atom. The van der Waals surface area contributed by atoms with E-state index in [1.54, 1.807) is 0 Å². The van der Waals surface area contributed by atoms with Gasteiger partial charge >= 0.3 is 0 Å². The molecule has 2 aliphatic heterocycles. The Kier molecular flexibility index (Phi) is 4.91. The zero-order chi connectivity index (χ0) is 19.8. The van der Waals surface area contributed by atoms with Crippen molar-refractivity contribution in [1.82, 2.24) is 19.6 Å². The highest BCUT2D eigenvalue weighted by Gasteiger charge is 2.44. The van der Waals surface area contributed by atoms with Gasteiger partial charge in [-0.25, -0.2) is 0 Å². The zero-order valence-corrected chi connectivity index (χ0v) is 16.9. The van der Waals surface area contributed by atoms with Gasteiger partial charge in [0.15, 0.2) is 0 Å². The first kappa shape index (κ1) is 18.8. The Labute approximate surface area is 170 Å². The molecule has 0 spiro atoms. The molecule has 0 bridgehead atoms. The van der Waals surface area contributed by atoms with E-state index in [1.807, 2.05) is 30.2 Å². The number of aromatic nitrogens is 3. The molecule has 1 saturated carbocycles. The minimum absolute atomic E-state index is 0.0805. The Balaban J connectivity index is 1.30. The van der Waals surface area contributed by atoms with Crippen molar-refractivity contribution in [1.29, 1.82) is 0 Å². The molecule has 0 radical (unpaired) electrons. The molecule has 8 heteroatoms. The Morgan fingerprint density at radius 2 is 2.14 bits per heavy atom. The van der Waals surface area contributed by atoms with Gasteiger partial charge in [-0.2, -0.15) is 4.98 Å². The molecule has 1 atom stereocenters. The summed E-state index contributed by atoms with van der Waals surface area (Å²) in [6, 6.07) is 4.38. The van der Waals surface area contributed by atoms with E-state index in [-0.39, 0.29) is 12.0 Å². The summed E-state index contributed by atoms with van der Waals surface area (Å²) in [4.78, 5) is 19.6. The van der Waals surface area contributed by atoms with Gasteiger partial charge < -0.3 is 23.5 Å². The number of likely N-dealkylation sites (tertiary alicyclic amines) is 1. The number of piperidine rings is 1. The van der Waals surface area contributed by atoms with Crippen molar-refractivity contribution in [2.24, 2.45) is 0 Å². The molecule has 2 aromatic rings. The maximum Gasteiger partial charge on any atom is 0.270 e. The first-order chi connectivity index (χ1) is 14.2. The van der Waals surface area contributed by atoms with Crippen LogP contribution in [-0.2, 0) is 15.1 Å². The third-order valence-electron chi connectivity index (χ3n) is 6.27. The van der Waals surface area contributed by atoms with Crippen LogP contribution in [0, 0.1) is 0 Å². The zero-order valence-electron chi connectivity index (χ0n) is 16.9. The lowest BCUT2D eigenvalue weighted by Gasteiger charge is -2.39. The van der Waals surface area contributed by atoms with Crippen LogP contribution in [0.25, 0.3) is 0 Å². The molecule has 2 saturated heterocycles. The van der Waals surface area contributed by atoms with E-state index in [4.69, 9.17) is 14.0 Å². The van der Waals surface area contributed by atoms with Crippen LogP contribution in [0.5, 0.6) is 0 Å². The lowest BCUT2D eigenvalue weighted by atomic mass is 9.90. The number of rotatable bonds is 6. The Bertz CT molecular complexity index is 858. The molecule has 8 nitrogen and oxygen atoms in total. The fraction of sp³-hybridized carbons (Fsp3) is 0.667. The topological polar surface area (TPSA) is 82.6 Å². The molecule has 0 aromatic carbocycles. The summed E-state index contributed by atoms with van der Waals surface area (Å²) in [5.41, 5.74) is 0.156. The molecule has 0 unspecified atom stereocenters. The van der Waals surface area contributed by atoms with E-state index < -0.39 is 5.60 Å². The summed E-state index contributed by atoms with van der Waals surface area (Å²) in [5.74, 6) is 1.22. The quantitative estimate of drug-likeness (QED) is 0.740. The summed E-state index contributed by atoms with van der Waals surface area (Å²) >= 11 is 0. The third kappa shape index (κ3) is 3.48. The highest BCUT2D eigenvalue weighted by Crippen LogP contribution is 2.39. The van der Waals surface area contributed by atoms with Gasteiger partial charge in [-0.05, 0) is 44.7 Å². The van der Waals surface area contributed by atoms with Crippen LogP contribution in [-0.4, -0.2) is 51.8 Å². The van der Waals surface area contributed by atoms with Crippen molar-refractivity contribution >= 4 is 5.91 Å². The van der Waals surface area contributed by atoms with Crippen LogP contribution >= 0.6 is 0 Å². The van der Waals surface area contributed by atoms with Gasteiger partial charge in [-0.3, -0.25) is 4.79 Å². The predicted octanol–water partition coefficient (Wildman–Crippen LogP) is 3.23. The average molecular weight is 400 g/mol. The first-order valence-corrected chi connectivity index (χ1v) is 10.8. The summed E-state index contributed by atoms with van der Waals surface area (Å²) in [6.07, 6.45) is 7.48. The van der Waals surface area contributed by atoms with E-state index >= 15 is 0 Å². The second-order valence-corrected chi connectivity index (χ2v) is 8.21. The normalized spacial score (nSPS) is 24.2. The van der Waals surface area contributed by atoms with Crippen molar-refractivity contribution in [3.05, 3.63) is 35.7 Å². The van der Waals surface area contributed by atoms with Crippen molar-refractivity contribution < 1.29 is 18.8 Å². The molecule has 2 aromatic heterocycles. The number of amides is 1. The fourth-order valence-electron chi connectivity index (χ4n) is 4.51. The van der Waals surface area contributed by atoms with E-state index in [1.165, 1.54) is 0 Å². The van der Waals surface area contributed by atoms with Gasteiger partial charge in [0, 0.05) is 51.4 Å². The minimum Gasteiger partial charge on any atom is -0.370 e. The average Bonchev–Trinajstić information content (AvgIpc) is 3.18. The number of carbonyl (C=O) groups excluding carboxylic acids is 1. The molecule has 1 aliphatic carbocycles. The van der Waals surface area contributed by atoms with E-state index in [9.17, 15) is 4.79 Å². The standard InChI is InChI=1S/C21H28N4O4/c1-2-28-21(20-22-18(23-29-20)17-6-4-14-27-17)9-12-24(13-10-21)19(26)16-5-3-11-25(16)15-7-8-15/h3,5,11,15,17H,2,4,6-10,12-14H2,1H3/t17-/m1/s1. The van der Waals surface area contributed by atoms with Gasteiger partial charge in [0.1, 0.15) is 17.4 Å². The molecular weight excluding hydrogens is 372 g/mol. The summed E-state index contributed by atoms with van der Waals surface area (Å²) in [5, 5.41) is 4.16. The van der Waals surface area contributed by atoms with Gasteiger partial charge in [0.2, 0.25) is 5.82 Å². The van der Waals surface area contributed by atoms with E-state index in [2.05, 4.69) is 14.7 Å². The molecule has 3 aliphatic rings. The van der Waals surface area contributed by atoms with E-state index in [0.717, 1.165) is 38.0 Å². The van der Waals surface area contributed by atoms with E-state index in [0.29, 0.717) is 50.3 Å². The maximum atomic E-state index is 13.1. The predicted molar refractivity (Wildman–Crippen MR) is 103 cm³/mol. The highest BCUT2D eigenvalue weighted by atomic mass is 16.5. The smallest absolute Gasteiger partial charge is 0.270 e. The van der Waals surface area contributed by atoms with Crippen LogP contribution in [0.2, 0.25) is 0 Å². The Hall–Kier alpha value is -2.19. The van der Waals surface area contributed by atoms with Crippen molar-refractivity contribution in [3.8, 4) is 0 Å². The van der Waals surface area contributed by atoms with Gasteiger partial charge in [0.05, 0.1) is 0 Å². The van der Waals surface area contributed by atoms with Crippen LogP contribution in [0.4, 0.5) is 0 Å². The number of carbonyl (C=O) groups is 1. The first-order valence-electron chi connectivity index (χ1n) is 10.8. The SMILES string of the molecule is CCOC1(c2nc([C@H]3CCCO3)no2)CCN(C(=O)c2cccn2C2CC2)CC1. The van der Waals surface area contributed by atoms with Crippen molar-refractivity contribution in [3.63, 3.8) is 0 Å². The fourth-order valence-corrected chi connectivity index (χ4v) is 4.51. The molecule has 29 heavy (non-hydrogen) atoms. The second-order valence-electron chi connectivity index (χ2n) is 8.21. The van der Waals surface area contributed by atoms with Crippen molar-refractivity contribution in [2.75, 3.05) is 26.3 Å². The van der Waals surface area contributed by atoms with Crippen LogP contribution < -0.4 is 0 Å². The van der Waals surface area contributed by atoms with Crippen molar-refractivity contribution in [2.45, 2.75) is 63.2 Å². The van der Waals surface area contributed by atoms with Gasteiger partial charge in [-0.1, -0.05) is 5.16 Å². The third-order valence-corrected chi connectivity index (χ3v) is 6.27. The summed E-state index contributed by atoms with van der Waals surface area (Å²) in [7, 11) is 0. The van der Waals surface area contributed by atoms with Gasteiger partial charge in [-0.15, -0.1) is 0 Å². The minimum atomic E-state index is -0.631. The number of hydrogen-bond donors (Lipinski definition) is 0. The highest BCUT2D eigenvalue weighted by molar-refractivity contribution is 5.93. The molecule has 3 fully saturated rings.